The van der Waals surface area contributed by atoms with Crippen molar-refractivity contribution in [3.8, 4) is 11.1 Å². The Morgan fingerprint density at radius 2 is 1.54 bits per heavy atom. The summed E-state index contributed by atoms with van der Waals surface area (Å²) in [6.45, 7) is 8.17. The number of halogens is 1. The van der Waals surface area contributed by atoms with Crippen molar-refractivity contribution >= 4 is 27.7 Å². The van der Waals surface area contributed by atoms with Gasteiger partial charge in [0.1, 0.15) is 6.54 Å². The Morgan fingerprint density at radius 3 is 2.20 bits per heavy atom. The Morgan fingerprint density at radius 1 is 0.854 bits per heavy atom. The second kappa shape index (κ2) is 14.8. The van der Waals surface area contributed by atoms with Gasteiger partial charge in [-0.25, -0.2) is 0 Å². The van der Waals surface area contributed by atoms with Crippen molar-refractivity contribution in [1.82, 2.24) is 14.4 Å². The van der Waals surface area contributed by atoms with E-state index in [9.17, 15) is 9.59 Å². The van der Waals surface area contributed by atoms with E-state index in [1.165, 1.54) is 5.56 Å². The second-order valence-electron chi connectivity index (χ2n) is 10.6. The number of benzene rings is 3. The number of hydrogen-bond donors (Lipinski definition) is 0. The number of hydrogen-bond acceptors (Lipinski definition) is 2. The summed E-state index contributed by atoms with van der Waals surface area (Å²) in [7, 11) is 0. The molecule has 4 aromatic rings. The summed E-state index contributed by atoms with van der Waals surface area (Å²) in [5.74, 6) is -0.134. The van der Waals surface area contributed by atoms with E-state index in [0.29, 0.717) is 18.7 Å². The van der Waals surface area contributed by atoms with Crippen LogP contribution in [0.3, 0.4) is 0 Å². The summed E-state index contributed by atoms with van der Waals surface area (Å²) >= 11 is 3.50. The molecule has 1 heterocycles. The molecular formula is C35H40BrN3O2. The number of amides is 2. The van der Waals surface area contributed by atoms with Gasteiger partial charge in [0.05, 0.1) is 6.54 Å². The maximum absolute atomic E-state index is 13.8. The first-order chi connectivity index (χ1) is 19.9. The summed E-state index contributed by atoms with van der Waals surface area (Å²) in [4.78, 5) is 31.2. The van der Waals surface area contributed by atoms with Gasteiger partial charge in [0.2, 0.25) is 5.91 Å². The third kappa shape index (κ3) is 8.20. The summed E-state index contributed by atoms with van der Waals surface area (Å²) < 4.78 is 3.25. The molecule has 0 aliphatic carbocycles. The summed E-state index contributed by atoms with van der Waals surface area (Å²) in [6.07, 6.45) is 4.74. The standard InChI is InChI=1S/C35H40BrN3O2/c1-4-6-22-38(25-33-13-10-23-37(33)24-28-14-20-32(36)21-15-28)34(40)26-39(27(3)5-2)35(41)31-18-16-30(17-19-31)29-11-8-7-9-12-29/h7-21,23,27H,4-6,22,24-26H2,1-3H3. The van der Waals surface area contributed by atoms with Crippen LogP contribution >= 0.6 is 15.9 Å². The van der Waals surface area contributed by atoms with Crippen LogP contribution in [0.4, 0.5) is 0 Å². The van der Waals surface area contributed by atoms with Crippen LogP contribution in [0.2, 0.25) is 0 Å². The lowest BCUT2D eigenvalue weighted by atomic mass is 10.0. The molecule has 0 bridgehead atoms. The first-order valence-corrected chi connectivity index (χ1v) is 15.3. The predicted octanol–water partition coefficient (Wildman–Crippen LogP) is 8.04. The molecule has 4 rings (SSSR count). The fourth-order valence-electron chi connectivity index (χ4n) is 4.87. The molecule has 6 heteroatoms. The lowest BCUT2D eigenvalue weighted by molar-refractivity contribution is -0.133. The van der Waals surface area contributed by atoms with Gasteiger partial charge < -0.3 is 14.4 Å². The van der Waals surface area contributed by atoms with Crippen molar-refractivity contribution in [3.05, 3.63) is 118 Å². The van der Waals surface area contributed by atoms with Crippen LogP contribution in [0.25, 0.3) is 11.1 Å². The van der Waals surface area contributed by atoms with Crippen molar-refractivity contribution in [3.63, 3.8) is 0 Å². The van der Waals surface area contributed by atoms with Crippen molar-refractivity contribution in [1.29, 1.82) is 0 Å². The Labute approximate surface area is 252 Å². The number of carbonyl (C=O) groups excluding carboxylic acids is 2. The highest BCUT2D eigenvalue weighted by Crippen LogP contribution is 2.21. The Hall–Kier alpha value is -3.64. The minimum Gasteiger partial charge on any atom is -0.345 e. The number of aromatic nitrogens is 1. The maximum atomic E-state index is 13.8. The van der Waals surface area contributed by atoms with Gasteiger partial charge in [-0.2, -0.15) is 0 Å². The van der Waals surface area contributed by atoms with Gasteiger partial charge in [-0.15, -0.1) is 0 Å². The maximum Gasteiger partial charge on any atom is 0.254 e. The average molecular weight is 615 g/mol. The summed E-state index contributed by atoms with van der Waals surface area (Å²) in [5, 5.41) is 0. The topological polar surface area (TPSA) is 45.6 Å². The molecule has 0 N–H and O–H groups in total. The Balaban J connectivity index is 1.50. The molecule has 2 amide bonds. The van der Waals surface area contributed by atoms with E-state index in [1.54, 1.807) is 4.90 Å². The average Bonchev–Trinajstić information content (AvgIpc) is 3.45. The Bertz CT molecular complexity index is 1400. The molecule has 41 heavy (non-hydrogen) atoms. The highest BCUT2D eigenvalue weighted by molar-refractivity contribution is 9.10. The summed E-state index contributed by atoms with van der Waals surface area (Å²) in [6, 6.07) is 30.2. The van der Waals surface area contributed by atoms with Crippen LogP contribution in [0.15, 0.2) is 102 Å². The molecule has 3 aromatic carbocycles. The second-order valence-corrected chi connectivity index (χ2v) is 11.5. The zero-order valence-electron chi connectivity index (χ0n) is 24.3. The molecule has 0 spiro atoms. The monoisotopic (exact) mass is 613 g/mol. The van der Waals surface area contributed by atoms with Gasteiger partial charge in [0.25, 0.3) is 5.91 Å². The fourth-order valence-corrected chi connectivity index (χ4v) is 5.13. The van der Waals surface area contributed by atoms with Crippen LogP contribution in [0.1, 0.15) is 61.6 Å². The number of unbranched alkanes of at least 4 members (excludes halogenated alkanes) is 1. The van der Waals surface area contributed by atoms with Crippen molar-refractivity contribution in [2.24, 2.45) is 0 Å². The van der Waals surface area contributed by atoms with Crippen LogP contribution < -0.4 is 0 Å². The van der Waals surface area contributed by atoms with Gasteiger partial charge in [-0.1, -0.05) is 90.8 Å². The molecule has 1 atom stereocenters. The third-order valence-electron chi connectivity index (χ3n) is 7.61. The normalized spacial score (nSPS) is 11.7. The van der Waals surface area contributed by atoms with Crippen molar-refractivity contribution in [2.75, 3.05) is 13.1 Å². The lowest BCUT2D eigenvalue weighted by Gasteiger charge is -2.31. The molecular weight excluding hydrogens is 574 g/mol. The minimum atomic E-state index is -0.110. The van der Waals surface area contributed by atoms with E-state index in [0.717, 1.165) is 47.1 Å². The molecule has 1 unspecified atom stereocenters. The van der Waals surface area contributed by atoms with E-state index < -0.39 is 0 Å². The smallest absolute Gasteiger partial charge is 0.254 e. The van der Waals surface area contributed by atoms with Gasteiger partial charge >= 0.3 is 0 Å². The van der Waals surface area contributed by atoms with E-state index in [-0.39, 0.29) is 24.4 Å². The molecule has 0 aliphatic heterocycles. The molecule has 0 radical (unpaired) electrons. The van der Waals surface area contributed by atoms with Crippen LogP contribution in [0, 0.1) is 0 Å². The van der Waals surface area contributed by atoms with Gasteiger partial charge in [-0.05, 0) is 72.9 Å². The minimum absolute atomic E-state index is 0.0237. The lowest BCUT2D eigenvalue weighted by Crippen LogP contribution is -2.46. The van der Waals surface area contributed by atoms with E-state index in [1.807, 2.05) is 72.5 Å². The number of nitrogens with zero attached hydrogens (tertiary/aromatic N) is 3. The zero-order valence-corrected chi connectivity index (χ0v) is 25.9. The molecule has 1 aromatic heterocycles. The van der Waals surface area contributed by atoms with Gasteiger partial charge in [-0.3, -0.25) is 9.59 Å². The van der Waals surface area contributed by atoms with E-state index in [2.05, 4.69) is 70.9 Å². The fraction of sp³-hybridized carbons (Fsp3) is 0.314. The number of carbonyl (C=O) groups is 2. The molecule has 214 valence electrons. The molecule has 0 aliphatic rings. The first-order valence-electron chi connectivity index (χ1n) is 14.5. The number of rotatable bonds is 13. The van der Waals surface area contributed by atoms with E-state index in [4.69, 9.17) is 0 Å². The van der Waals surface area contributed by atoms with Crippen LogP contribution in [0.5, 0.6) is 0 Å². The van der Waals surface area contributed by atoms with E-state index >= 15 is 0 Å². The zero-order chi connectivity index (χ0) is 29.2. The van der Waals surface area contributed by atoms with Crippen LogP contribution in [-0.4, -0.2) is 45.3 Å². The largest absolute Gasteiger partial charge is 0.345 e. The van der Waals surface area contributed by atoms with Crippen molar-refractivity contribution in [2.45, 2.75) is 59.2 Å². The van der Waals surface area contributed by atoms with Gasteiger partial charge in [0, 0.05) is 41.1 Å². The summed E-state index contributed by atoms with van der Waals surface area (Å²) in [5.41, 5.74) is 5.04. The Kier molecular flexibility index (Phi) is 11.0. The third-order valence-corrected chi connectivity index (χ3v) is 8.13. The predicted molar refractivity (Wildman–Crippen MR) is 171 cm³/mol. The molecule has 5 nitrogen and oxygen atoms in total. The van der Waals surface area contributed by atoms with Gasteiger partial charge in [0.15, 0.2) is 0 Å². The molecule has 0 saturated heterocycles. The molecule has 0 saturated carbocycles. The molecule has 0 fully saturated rings. The van der Waals surface area contributed by atoms with Crippen LogP contribution in [-0.2, 0) is 17.9 Å². The first kappa shape index (κ1) is 30.3. The van der Waals surface area contributed by atoms with Crippen molar-refractivity contribution < 1.29 is 9.59 Å². The highest BCUT2D eigenvalue weighted by atomic mass is 79.9. The SMILES string of the molecule is CCCCN(Cc1cccn1Cc1ccc(Br)cc1)C(=O)CN(C(=O)c1ccc(-c2ccccc2)cc1)C(C)CC. The quantitative estimate of drug-likeness (QED) is 0.153. The highest BCUT2D eigenvalue weighted by Gasteiger charge is 2.26.